The van der Waals surface area contributed by atoms with E-state index in [1.54, 1.807) is 39.8 Å². The molecular formula is C22H27F2N3O4S. The lowest BCUT2D eigenvalue weighted by Crippen LogP contribution is -2.51. The minimum Gasteiger partial charge on any atom is -0.353 e. The maximum Gasteiger partial charge on any atom is 0.257 e. The first-order chi connectivity index (χ1) is 14.9. The van der Waals surface area contributed by atoms with Gasteiger partial charge in [0.2, 0.25) is 15.9 Å². The Labute approximate surface area is 186 Å². The zero-order valence-electron chi connectivity index (χ0n) is 18.3. The molecule has 0 aliphatic carbocycles. The van der Waals surface area contributed by atoms with E-state index in [9.17, 15) is 26.8 Å². The number of nitrogens with one attached hydrogen (secondary N) is 3. The van der Waals surface area contributed by atoms with Gasteiger partial charge in [-0.2, -0.15) is 0 Å². The Morgan fingerprint density at radius 1 is 1.00 bits per heavy atom. The molecular weight excluding hydrogens is 440 g/mol. The van der Waals surface area contributed by atoms with Crippen molar-refractivity contribution < 1.29 is 26.8 Å². The summed E-state index contributed by atoms with van der Waals surface area (Å²) in [6.07, 6.45) is 0. The van der Waals surface area contributed by atoms with E-state index in [4.69, 9.17) is 0 Å². The predicted octanol–water partition coefficient (Wildman–Crippen LogP) is 2.43. The van der Waals surface area contributed by atoms with Crippen molar-refractivity contribution in [2.24, 2.45) is 5.92 Å². The molecule has 0 saturated heterocycles. The summed E-state index contributed by atoms with van der Waals surface area (Å²) in [5, 5.41) is 4.87. The van der Waals surface area contributed by atoms with Gasteiger partial charge in [-0.15, -0.1) is 0 Å². The zero-order valence-corrected chi connectivity index (χ0v) is 19.1. The Bertz CT molecular complexity index is 1080. The Morgan fingerprint density at radius 3 is 2.22 bits per heavy atom. The van der Waals surface area contributed by atoms with E-state index in [0.29, 0.717) is 5.56 Å². The van der Waals surface area contributed by atoms with Gasteiger partial charge in [0, 0.05) is 13.1 Å². The van der Waals surface area contributed by atoms with Crippen molar-refractivity contribution in [3.8, 4) is 0 Å². The van der Waals surface area contributed by atoms with Crippen molar-refractivity contribution >= 4 is 21.8 Å². The number of aryl methyl sites for hydroxylation is 2. The maximum absolute atomic E-state index is 13.8. The number of halogens is 2. The van der Waals surface area contributed by atoms with Crippen LogP contribution in [0.1, 0.15) is 35.3 Å². The largest absolute Gasteiger partial charge is 0.353 e. The van der Waals surface area contributed by atoms with Crippen molar-refractivity contribution in [3.63, 3.8) is 0 Å². The van der Waals surface area contributed by atoms with Gasteiger partial charge in [-0.1, -0.05) is 32.0 Å². The zero-order chi connectivity index (χ0) is 24.1. The molecule has 2 aromatic rings. The molecule has 1 atom stereocenters. The molecule has 0 heterocycles. The van der Waals surface area contributed by atoms with Gasteiger partial charge in [-0.05, 0) is 49.1 Å². The number of benzene rings is 2. The van der Waals surface area contributed by atoms with Gasteiger partial charge >= 0.3 is 0 Å². The highest BCUT2D eigenvalue weighted by molar-refractivity contribution is 7.89. The van der Waals surface area contributed by atoms with E-state index < -0.39 is 45.1 Å². The fourth-order valence-corrected chi connectivity index (χ4v) is 4.38. The Balaban J connectivity index is 1.97. The Hall–Kier alpha value is -2.85. The summed E-state index contributed by atoms with van der Waals surface area (Å²) in [5.41, 5.74) is 0.619. The van der Waals surface area contributed by atoms with Gasteiger partial charge in [0.15, 0.2) is 0 Å². The van der Waals surface area contributed by atoms with Crippen LogP contribution < -0.4 is 15.4 Å². The van der Waals surface area contributed by atoms with Crippen LogP contribution in [0, 0.1) is 31.4 Å². The van der Waals surface area contributed by atoms with Crippen LogP contribution in [0.4, 0.5) is 8.78 Å². The van der Waals surface area contributed by atoms with Gasteiger partial charge in [-0.25, -0.2) is 21.9 Å². The molecule has 0 aliphatic rings. The third-order valence-corrected chi connectivity index (χ3v) is 6.38. The second-order valence-electron chi connectivity index (χ2n) is 7.75. The average molecular weight is 468 g/mol. The van der Waals surface area contributed by atoms with E-state index >= 15 is 0 Å². The van der Waals surface area contributed by atoms with Crippen LogP contribution in [-0.2, 0) is 14.8 Å². The quantitative estimate of drug-likeness (QED) is 0.493. The molecule has 0 unspecified atom stereocenters. The summed E-state index contributed by atoms with van der Waals surface area (Å²) in [5.74, 6) is -4.11. The monoisotopic (exact) mass is 467 g/mol. The minimum absolute atomic E-state index is 0.0456. The molecule has 32 heavy (non-hydrogen) atoms. The van der Waals surface area contributed by atoms with Crippen molar-refractivity contribution in [2.45, 2.75) is 38.6 Å². The van der Waals surface area contributed by atoms with Gasteiger partial charge in [-0.3, -0.25) is 9.59 Å². The van der Waals surface area contributed by atoms with Crippen molar-refractivity contribution in [1.29, 1.82) is 0 Å². The molecule has 0 fully saturated rings. The topological polar surface area (TPSA) is 104 Å². The van der Waals surface area contributed by atoms with E-state index in [0.717, 1.165) is 23.8 Å². The molecule has 0 spiro atoms. The summed E-state index contributed by atoms with van der Waals surface area (Å²) in [6.45, 7) is 6.66. The molecule has 2 rings (SSSR count). The lowest BCUT2D eigenvalue weighted by Gasteiger charge is -2.22. The summed E-state index contributed by atoms with van der Waals surface area (Å²) < 4.78 is 55.1. The lowest BCUT2D eigenvalue weighted by molar-refractivity contribution is -0.123. The number of hydrogen-bond donors (Lipinski definition) is 3. The number of sulfonamides is 1. The molecule has 0 aromatic heterocycles. The van der Waals surface area contributed by atoms with Crippen LogP contribution in [0.3, 0.4) is 0 Å². The first kappa shape index (κ1) is 25.4. The smallest absolute Gasteiger partial charge is 0.257 e. The summed E-state index contributed by atoms with van der Waals surface area (Å²) >= 11 is 0. The third kappa shape index (κ3) is 6.33. The number of rotatable bonds is 9. The fourth-order valence-electron chi connectivity index (χ4n) is 3.02. The van der Waals surface area contributed by atoms with Crippen LogP contribution in [0.15, 0.2) is 41.3 Å². The molecule has 2 amide bonds. The lowest BCUT2D eigenvalue weighted by atomic mass is 10.0. The predicted molar refractivity (Wildman–Crippen MR) is 117 cm³/mol. The summed E-state index contributed by atoms with van der Waals surface area (Å²) in [6, 6.07) is 7.03. The second-order valence-corrected chi connectivity index (χ2v) is 9.48. The van der Waals surface area contributed by atoms with Crippen molar-refractivity contribution in [2.75, 3.05) is 13.1 Å². The minimum atomic E-state index is -3.77. The van der Waals surface area contributed by atoms with E-state index in [2.05, 4.69) is 15.4 Å². The standard InChI is InChI=1S/C22H27F2N3O4S/c1-13(2)20(27-21(28)19-16(23)6-5-7-17(19)24)22(29)25-10-11-26-32(30,31)18-12-14(3)8-9-15(18)4/h5-9,12-13,20,26H,10-11H2,1-4H3,(H,25,29)(H,27,28)/t20-/m0/s1. The molecule has 2 aromatic carbocycles. The third-order valence-electron chi connectivity index (χ3n) is 4.78. The van der Waals surface area contributed by atoms with E-state index in [1.807, 2.05) is 6.07 Å². The normalized spacial score (nSPS) is 12.5. The maximum atomic E-state index is 13.8. The summed E-state index contributed by atoms with van der Waals surface area (Å²) in [4.78, 5) is 25.0. The fraction of sp³-hybridized carbons (Fsp3) is 0.364. The molecule has 0 aliphatic heterocycles. The van der Waals surface area contributed by atoms with Crippen LogP contribution in [0.25, 0.3) is 0 Å². The summed E-state index contributed by atoms with van der Waals surface area (Å²) in [7, 11) is -3.77. The number of carbonyl (C=O) groups excluding carboxylic acids is 2. The van der Waals surface area contributed by atoms with Crippen LogP contribution in [0.5, 0.6) is 0 Å². The highest BCUT2D eigenvalue weighted by Gasteiger charge is 2.27. The number of hydrogen-bond acceptors (Lipinski definition) is 4. The Morgan fingerprint density at radius 2 is 1.62 bits per heavy atom. The van der Waals surface area contributed by atoms with E-state index in [-0.39, 0.29) is 23.9 Å². The van der Waals surface area contributed by atoms with Gasteiger partial charge in [0.05, 0.1) is 4.90 Å². The van der Waals surface area contributed by atoms with Gasteiger partial charge in [0.25, 0.3) is 5.91 Å². The molecule has 0 radical (unpaired) electrons. The molecule has 0 bridgehead atoms. The molecule has 10 heteroatoms. The van der Waals surface area contributed by atoms with Crippen LogP contribution in [0.2, 0.25) is 0 Å². The van der Waals surface area contributed by atoms with Crippen LogP contribution >= 0.6 is 0 Å². The van der Waals surface area contributed by atoms with Gasteiger partial charge < -0.3 is 10.6 Å². The van der Waals surface area contributed by atoms with Crippen molar-refractivity contribution in [3.05, 3.63) is 64.7 Å². The Kier molecular flexibility index (Phi) is 8.45. The highest BCUT2D eigenvalue weighted by Crippen LogP contribution is 2.16. The average Bonchev–Trinajstić information content (AvgIpc) is 2.70. The molecule has 3 N–H and O–H groups in total. The number of carbonyl (C=O) groups is 2. The highest BCUT2D eigenvalue weighted by atomic mass is 32.2. The first-order valence-electron chi connectivity index (χ1n) is 10.0. The van der Waals surface area contributed by atoms with E-state index in [1.165, 1.54) is 0 Å². The van der Waals surface area contributed by atoms with Gasteiger partial charge in [0.1, 0.15) is 23.2 Å². The first-order valence-corrected chi connectivity index (χ1v) is 11.5. The van der Waals surface area contributed by atoms with Crippen molar-refractivity contribution in [1.82, 2.24) is 15.4 Å². The molecule has 0 saturated carbocycles. The SMILES string of the molecule is Cc1ccc(C)c(S(=O)(=O)NCCNC(=O)[C@@H](NC(=O)c2c(F)cccc2F)C(C)C)c1. The number of amides is 2. The molecule has 7 nitrogen and oxygen atoms in total. The second kappa shape index (κ2) is 10.6. The van der Waals surface area contributed by atoms with Crippen LogP contribution in [-0.4, -0.2) is 39.4 Å². The molecule has 174 valence electrons.